The van der Waals surface area contributed by atoms with Crippen LogP contribution >= 0.6 is 7.75 Å². The molecular weight excluding hydrogens is 191 g/mol. The fourth-order valence-electron chi connectivity index (χ4n) is 0.735. The van der Waals surface area contributed by atoms with Crippen LogP contribution in [0.1, 0.15) is 0 Å². The van der Waals surface area contributed by atoms with E-state index in [0.29, 0.717) is 5.82 Å². The van der Waals surface area contributed by atoms with E-state index >= 15 is 0 Å². The summed E-state index contributed by atoms with van der Waals surface area (Å²) in [5.74, 6) is 0.453. The van der Waals surface area contributed by atoms with Gasteiger partial charge in [-0.2, -0.15) is 0 Å². The molecule has 0 amide bonds. The third-order valence-electron chi connectivity index (χ3n) is 1.40. The Kier molecular flexibility index (Phi) is 3.42. The van der Waals surface area contributed by atoms with E-state index in [1.807, 2.05) is 0 Å². The van der Waals surface area contributed by atoms with Crippen molar-refractivity contribution in [2.24, 2.45) is 0 Å². The van der Waals surface area contributed by atoms with E-state index in [0.717, 1.165) is 0 Å². The minimum absolute atomic E-state index is 0.453. The van der Waals surface area contributed by atoms with Crippen LogP contribution in [0.25, 0.3) is 0 Å². The van der Waals surface area contributed by atoms with Crippen molar-refractivity contribution in [3.8, 4) is 0 Å². The Hall–Kier alpha value is -0.900. The molecule has 72 valence electrons. The van der Waals surface area contributed by atoms with E-state index in [2.05, 4.69) is 19.1 Å². The van der Waals surface area contributed by atoms with Gasteiger partial charge in [-0.15, -0.1) is 0 Å². The zero-order chi connectivity index (χ0) is 9.73. The predicted molar refractivity (Wildman–Crippen MR) is 49.5 cm³/mol. The molecule has 0 saturated carbocycles. The highest BCUT2D eigenvalue weighted by atomic mass is 31.2. The second-order valence-corrected chi connectivity index (χ2v) is 4.14. The Balaban J connectivity index is 2.74. The molecule has 0 saturated heterocycles. The van der Waals surface area contributed by atoms with Crippen molar-refractivity contribution >= 4 is 13.6 Å². The number of aromatic nitrogens is 1. The van der Waals surface area contributed by atoms with Crippen molar-refractivity contribution in [3.63, 3.8) is 0 Å². The van der Waals surface area contributed by atoms with Crippen LogP contribution in [0.4, 0.5) is 5.82 Å². The second-order valence-electron chi connectivity index (χ2n) is 2.19. The van der Waals surface area contributed by atoms with Crippen LogP contribution in [0.3, 0.4) is 0 Å². The molecule has 0 atom stereocenters. The largest absolute Gasteiger partial charge is 0.433 e. The van der Waals surface area contributed by atoms with Gasteiger partial charge in [0.1, 0.15) is 5.82 Å². The average molecular weight is 202 g/mol. The van der Waals surface area contributed by atoms with E-state index < -0.39 is 7.75 Å². The smallest absolute Gasteiger partial charge is 0.296 e. The lowest BCUT2D eigenvalue weighted by molar-refractivity contribution is 0.281. The van der Waals surface area contributed by atoms with Crippen LogP contribution in [-0.4, -0.2) is 19.2 Å². The van der Waals surface area contributed by atoms with E-state index in [9.17, 15) is 4.57 Å². The highest BCUT2D eigenvalue weighted by molar-refractivity contribution is 7.55. The topological polar surface area (TPSA) is 60.5 Å². The summed E-state index contributed by atoms with van der Waals surface area (Å²) in [5, 5.41) is 2.55. The van der Waals surface area contributed by atoms with E-state index in [1.54, 1.807) is 24.4 Å². The molecule has 0 spiro atoms. The molecule has 0 bridgehead atoms. The summed E-state index contributed by atoms with van der Waals surface area (Å²) in [4.78, 5) is 3.92. The van der Waals surface area contributed by atoms with Gasteiger partial charge < -0.3 is 0 Å². The van der Waals surface area contributed by atoms with Crippen LogP contribution in [-0.2, 0) is 13.6 Å². The zero-order valence-corrected chi connectivity index (χ0v) is 8.32. The quantitative estimate of drug-likeness (QED) is 0.755. The second kappa shape index (κ2) is 4.37. The average Bonchev–Trinajstić information content (AvgIpc) is 2.19. The summed E-state index contributed by atoms with van der Waals surface area (Å²) in [5.41, 5.74) is 0. The molecule has 0 aliphatic rings. The van der Waals surface area contributed by atoms with E-state index in [-0.39, 0.29) is 0 Å². The number of anilines is 1. The summed E-state index contributed by atoms with van der Waals surface area (Å²) in [6.45, 7) is 0. The lowest BCUT2D eigenvalue weighted by Crippen LogP contribution is -2.01. The number of nitrogens with one attached hydrogen (secondary N) is 1. The van der Waals surface area contributed by atoms with Crippen molar-refractivity contribution < 1.29 is 13.6 Å². The minimum atomic E-state index is -3.22. The van der Waals surface area contributed by atoms with Gasteiger partial charge in [-0.25, -0.2) is 9.55 Å². The maximum atomic E-state index is 11.5. The molecular formula is C7H11N2O3P. The Labute approximate surface area is 76.7 Å². The number of hydrogen-bond acceptors (Lipinski definition) is 4. The van der Waals surface area contributed by atoms with Crippen molar-refractivity contribution in [2.45, 2.75) is 0 Å². The summed E-state index contributed by atoms with van der Waals surface area (Å²) in [6, 6.07) is 5.20. The first kappa shape index (κ1) is 10.2. The molecule has 1 heterocycles. The molecule has 13 heavy (non-hydrogen) atoms. The van der Waals surface area contributed by atoms with Gasteiger partial charge in [-0.1, -0.05) is 6.07 Å². The normalized spacial score (nSPS) is 11.2. The highest BCUT2D eigenvalue weighted by Crippen LogP contribution is 2.45. The van der Waals surface area contributed by atoms with Gasteiger partial charge in [-0.05, 0) is 12.1 Å². The number of pyridine rings is 1. The van der Waals surface area contributed by atoms with Gasteiger partial charge in [0, 0.05) is 20.4 Å². The molecule has 0 aliphatic heterocycles. The summed E-state index contributed by atoms with van der Waals surface area (Å²) in [7, 11) is -0.604. The van der Waals surface area contributed by atoms with Gasteiger partial charge in [0.2, 0.25) is 0 Å². The zero-order valence-electron chi connectivity index (χ0n) is 7.43. The molecule has 1 aromatic heterocycles. The molecule has 5 nitrogen and oxygen atoms in total. The molecule has 6 heteroatoms. The Morgan fingerprint density at radius 3 is 2.54 bits per heavy atom. The molecule has 1 N–H and O–H groups in total. The standard InChI is InChI=1S/C7H11N2O3P/c1-11-13(10,12-2)9-7-5-3-4-6-8-7/h3-6H,1-2H3,(H,8,9,10). The SMILES string of the molecule is COP(=O)(Nc1ccccn1)OC. The molecule has 0 unspecified atom stereocenters. The fourth-order valence-corrected chi connectivity index (χ4v) is 1.48. The van der Waals surface area contributed by atoms with Crippen LogP contribution < -0.4 is 5.09 Å². The van der Waals surface area contributed by atoms with Crippen molar-refractivity contribution in [1.82, 2.24) is 4.98 Å². The number of rotatable bonds is 4. The van der Waals surface area contributed by atoms with Crippen LogP contribution in [0.5, 0.6) is 0 Å². The first-order valence-corrected chi connectivity index (χ1v) is 5.15. The van der Waals surface area contributed by atoms with Gasteiger partial charge in [0.05, 0.1) is 0 Å². The Bertz CT molecular complexity index is 296. The number of nitrogens with zero attached hydrogens (tertiary/aromatic N) is 1. The number of hydrogen-bond donors (Lipinski definition) is 1. The maximum Gasteiger partial charge on any atom is 0.433 e. The minimum Gasteiger partial charge on any atom is -0.296 e. The molecule has 0 radical (unpaired) electrons. The lowest BCUT2D eigenvalue weighted by Gasteiger charge is -2.14. The van der Waals surface area contributed by atoms with Crippen LogP contribution in [0.15, 0.2) is 24.4 Å². The Morgan fingerprint density at radius 1 is 1.38 bits per heavy atom. The highest BCUT2D eigenvalue weighted by Gasteiger charge is 2.20. The predicted octanol–water partition coefficient (Wildman–Crippen LogP) is 1.89. The first-order chi connectivity index (χ1) is 6.20. The molecule has 0 fully saturated rings. The van der Waals surface area contributed by atoms with Gasteiger partial charge >= 0.3 is 7.75 Å². The monoisotopic (exact) mass is 202 g/mol. The maximum absolute atomic E-state index is 11.5. The van der Waals surface area contributed by atoms with Crippen LogP contribution in [0.2, 0.25) is 0 Å². The summed E-state index contributed by atoms with van der Waals surface area (Å²) < 4.78 is 20.9. The Morgan fingerprint density at radius 2 is 2.08 bits per heavy atom. The van der Waals surface area contributed by atoms with Crippen LogP contribution in [0, 0.1) is 0 Å². The third-order valence-corrected chi connectivity index (χ3v) is 2.86. The third kappa shape index (κ3) is 2.81. The summed E-state index contributed by atoms with van der Waals surface area (Å²) in [6.07, 6.45) is 1.58. The van der Waals surface area contributed by atoms with Gasteiger partial charge in [0.15, 0.2) is 0 Å². The van der Waals surface area contributed by atoms with Crippen molar-refractivity contribution in [3.05, 3.63) is 24.4 Å². The molecule has 0 aromatic carbocycles. The summed E-state index contributed by atoms with van der Waals surface area (Å²) >= 11 is 0. The van der Waals surface area contributed by atoms with Gasteiger partial charge in [-0.3, -0.25) is 14.1 Å². The first-order valence-electron chi connectivity index (χ1n) is 3.61. The van der Waals surface area contributed by atoms with Crippen molar-refractivity contribution in [1.29, 1.82) is 0 Å². The van der Waals surface area contributed by atoms with Crippen molar-refractivity contribution in [2.75, 3.05) is 19.3 Å². The molecule has 1 rings (SSSR count). The molecule has 1 aromatic rings. The molecule has 0 aliphatic carbocycles. The van der Waals surface area contributed by atoms with E-state index in [4.69, 9.17) is 0 Å². The van der Waals surface area contributed by atoms with Gasteiger partial charge in [0.25, 0.3) is 0 Å². The van der Waals surface area contributed by atoms with E-state index in [1.165, 1.54) is 14.2 Å². The lowest BCUT2D eigenvalue weighted by atomic mass is 10.5. The fraction of sp³-hybridized carbons (Fsp3) is 0.286.